The van der Waals surface area contributed by atoms with Gasteiger partial charge in [-0.05, 0) is 50.7 Å². The Balaban J connectivity index is 1.62. The normalized spacial score (nSPS) is 25.1. The minimum atomic E-state index is 0.432. The van der Waals surface area contributed by atoms with Crippen LogP contribution < -0.4 is 0 Å². The summed E-state index contributed by atoms with van der Waals surface area (Å²) in [5.74, 6) is 1.12. The molecule has 1 saturated carbocycles. The highest BCUT2D eigenvalue weighted by Crippen LogP contribution is 2.36. The van der Waals surface area contributed by atoms with Gasteiger partial charge in [0.05, 0.1) is 6.10 Å². The van der Waals surface area contributed by atoms with Crippen LogP contribution in [0.15, 0.2) is 0 Å². The van der Waals surface area contributed by atoms with Crippen LogP contribution in [-0.4, -0.2) is 27.5 Å². The minimum Gasteiger partial charge on any atom is -0.378 e. The molecule has 2 fully saturated rings. The zero-order valence-electron chi connectivity index (χ0n) is 10.0. The molecule has 94 valence electrons. The molecule has 5 heteroatoms. The minimum absolute atomic E-state index is 0.432. The van der Waals surface area contributed by atoms with E-state index in [1.54, 1.807) is 0 Å². The number of rotatable bonds is 4. The van der Waals surface area contributed by atoms with Crippen LogP contribution in [0.25, 0.3) is 0 Å². The van der Waals surface area contributed by atoms with Gasteiger partial charge in [-0.1, -0.05) is 0 Å². The topological polar surface area (TPSA) is 42.8 Å². The number of H-pyrrole nitrogens is 1. The van der Waals surface area contributed by atoms with Crippen molar-refractivity contribution >= 4 is 12.2 Å². The predicted molar refractivity (Wildman–Crippen MR) is 67.6 cm³/mol. The lowest BCUT2D eigenvalue weighted by molar-refractivity contribution is 0.0111. The average Bonchev–Trinajstić information content (AvgIpc) is 3.12. The Kier molecular flexibility index (Phi) is 3.29. The summed E-state index contributed by atoms with van der Waals surface area (Å²) in [6.45, 7) is 0.931. The second-order valence-corrected chi connectivity index (χ2v) is 5.46. The first-order valence-corrected chi connectivity index (χ1v) is 7.03. The molecule has 0 amide bonds. The van der Waals surface area contributed by atoms with Gasteiger partial charge in [0.25, 0.3) is 0 Å². The summed E-state index contributed by atoms with van der Waals surface area (Å²) in [5.41, 5.74) is 0. The van der Waals surface area contributed by atoms with Crippen molar-refractivity contribution in [1.82, 2.24) is 14.8 Å². The summed E-state index contributed by atoms with van der Waals surface area (Å²) < 4.78 is 8.74. The Morgan fingerprint density at radius 3 is 2.94 bits per heavy atom. The third kappa shape index (κ3) is 2.60. The SMILES string of the molecule is S=c1[nH]nc(CCC2CCCCO2)n1C1CC1. The lowest BCUT2D eigenvalue weighted by Gasteiger charge is -2.22. The molecule has 1 N–H and O–H groups in total. The average molecular weight is 253 g/mol. The maximum absolute atomic E-state index is 5.75. The number of nitrogens with one attached hydrogen (secondary N) is 1. The Bertz CT molecular complexity index is 429. The van der Waals surface area contributed by atoms with Crippen LogP contribution in [0.2, 0.25) is 0 Å². The van der Waals surface area contributed by atoms with E-state index < -0.39 is 0 Å². The molecule has 1 saturated heterocycles. The van der Waals surface area contributed by atoms with Crippen LogP contribution in [-0.2, 0) is 11.2 Å². The van der Waals surface area contributed by atoms with E-state index in [-0.39, 0.29) is 0 Å². The summed E-state index contributed by atoms with van der Waals surface area (Å²) in [6.07, 6.45) is 8.72. The highest BCUT2D eigenvalue weighted by atomic mass is 32.1. The fraction of sp³-hybridized carbons (Fsp3) is 0.833. The van der Waals surface area contributed by atoms with Crippen molar-refractivity contribution in [2.75, 3.05) is 6.61 Å². The van der Waals surface area contributed by atoms with E-state index in [9.17, 15) is 0 Å². The molecule has 1 aromatic rings. The van der Waals surface area contributed by atoms with Gasteiger partial charge in [-0.2, -0.15) is 5.10 Å². The van der Waals surface area contributed by atoms with Gasteiger partial charge in [0, 0.05) is 19.1 Å². The zero-order chi connectivity index (χ0) is 11.7. The molecule has 1 aromatic heterocycles. The Morgan fingerprint density at radius 2 is 2.24 bits per heavy atom. The molecule has 1 unspecified atom stereocenters. The van der Waals surface area contributed by atoms with E-state index in [2.05, 4.69) is 14.8 Å². The van der Waals surface area contributed by atoms with E-state index in [0.717, 1.165) is 30.0 Å². The third-order valence-electron chi connectivity index (χ3n) is 3.65. The molecule has 3 rings (SSSR count). The highest BCUT2D eigenvalue weighted by Gasteiger charge is 2.27. The molecule has 2 heterocycles. The van der Waals surface area contributed by atoms with Crippen molar-refractivity contribution < 1.29 is 4.74 Å². The Labute approximate surface area is 106 Å². The fourth-order valence-corrected chi connectivity index (χ4v) is 2.85. The molecule has 4 nitrogen and oxygen atoms in total. The van der Waals surface area contributed by atoms with Gasteiger partial charge in [-0.15, -0.1) is 0 Å². The molecule has 1 aliphatic heterocycles. The number of aromatic nitrogens is 3. The predicted octanol–water partition coefficient (Wildman–Crippen LogP) is 2.78. The van der Waals surface area contributed by atoms with Crippen molar-refractivity contribution in [1.29, 1.82) is 0 Å². The molecule has 1 atom stereocenters. The number of hydrogen-bond donors (Lipinski definition) is 1. The molecule has 0 radical (unpaired) electrons. The van der Waals surface area contributed by atoms with E-state index in [0.29, 0.717) is 12.1 Å². The second kappa shape index (κ2) is 4.90. The summed E-state index contributed by atoms with van der Waals surface area (Å²) in [4.78, 5) is 0. The zero-order valence-corrected chi connectivity index (χ0v) is 10.8. The lowest BCUT2D eigenvalue weighted by Crippen LogP contribution is -2.20. The van der Waals surface area contributed by atoms with Crippen molar-refractivity contribution in [3.05, 3.63) is 10.6 Å². The van der Waals surface area contributed by atoms with Crippen molar-refractivity contribution in [3.8, 4) is 0 Å². The summed E-state index contributed by atoms with van der Waals surface area (Å²) >= 11 is 5.27. The summed E-state index contributed by atoms with van der Waals surface area (Å²) in [5, 5.41) is 7.27. The van der Waals surface area contributed by atoms with Gasteiger partial charge >= 0.3 is 0 Å². The van der Waals surface area contributed by atoms with E-state index in [4.69, 9.17) is 17.0 Å². The second-order valence-electron chi connectivity index (χ2n) is 5.07. The van der Waals surface area contributed by atoms with Gasteiger partial charge in [-0.3, -0.25) is 5.10 Å². The first-order chi connectivity index (χ1) is 8.34. The summed E-state index contributed by atoms with van der Waals surface area (Å²) in [7, 11) is 0. The van der Waals surface area contributed by atoms with E-state index >= 15 is 0 Å². The van der Waals surface area contributed by atoms with Crippen LogP contribution in [0, 0.1) is 4.77 Å². The van der Waals surface area contributed by atoms with E-state index in [1.807, 2.05) is 0 Å². The quantitative estimate of drug-likeness (QED) is 0.839. The van der Waals surface area contributed by atoms with Gasteiger partial charge in [0.1, 0.15) is 5.82 Å². The number of aryl methyl sites for hydroxylation is 1. The molecular formula is C12H19N3OS. The first kappa shape index (κ1) is 11.4. The van der Waals surface area contributed by atoms with E-state index in [1.165, 1.54) is 32.1 Å². The lowest BCUT2D eigenvalue weighted by atomic mass is 10.0. The Hall–Kier alpha value is -0.680. The van der Waals surface area contributed by atoms with Crippen molar-refractivity contribution in [3.63, 3.8) is 0 Å². The molecular weight excluding hydrogens is 234 g/mol. The molecule has 0 aromatic carbocycles. The number of aromatic amines is 1. The van der Waals surface area contributed by atoms with Gasteiger partial charge in [0.2, 0.25) is 0 Å². The maximum Gasteiger partial charge on any atom is 0.195 e. The molecule has 0 spiro atoms. The molecule has 0 bridgehead atoms. The smallest absolute Gasteiger partial charge is 0.195 e. The first-order valence-electron chi connectivity index (χ1n) is 6.62. The highest BCUT2D eigenvalue weighted by molar-refractivity contribution is 7.71. The van der Waals surface area contributed by atoms with Crippen LogP contribution in [0.4, 0.5) is 0 Å². The van der Waals surface area contributed by atoms with Gasteiger partial charge < -0.3 is 9.30 Å². The van der Waals surface area contributed by atoms with Crippen LogP contribution >= 0.6 is 12.2 Å². The number of hydrogen-bond acceptors (Lipinski definition) is 3. The summed E-state index contributed by atoms with van der Waals surface area (Å²) in [6, 6.07) is 0.614. The molecule has 17 heavy (non-hydrogen) atoms. The van der Waals surface area contributed by atoms with Crippen molar-refractivity contribution in [2.24, 2.45) is 0 Å². The standard InChI is InChI=1S/C12H19N3OS/c17-12-14-13-11(15(12)9-4-5-9)7-6-10-3-1-2-8-16-10/h9-10H,1-8H2,(H,14,17). The monoisotopic (exact) mass is 253 g/mol. The largest absolute Gasteiger partial charge is 0.378 e. The Morgan fingerprint density at radius 1 is 1.35 bits per heavy atom. The van der Waals surface area contributed by atoms with Crippen LogP contribution in [0.1, 0.15) is 50.4 Å². The van der Waals surface area contributed by atoms with Crippen LogP contribution in [0.5, 0.6) is 0 Å². The van der Waals surface area contributed by atoms with Gasteiger partial charge in [-0.25, -0.2) is 0 Å². The molecule has 2 aliphatic rings. The number of ether oxygens (including phenoxy) is 1. The van der Waals surface area contributed by atoms with Crippen molar-refractivity contribution in [2.45, 2.75) is 57.1 Å². The third-order valence-corrected chi connectivity index (χ3v) is 3.94. The van der Waals surface area contributed by atoms with Gasteiger partial charge in [0.15, 0.2) is 4.77 Å². The molecule has 1 aliphatic carbocycles. The van der Waals surface area contributed by atoms with Crippen LogP contribution in [0.3, 0.4) is 0 Å². The fourth-order valence-electron chi connectivity index (χ4n) is 2.55. The number of nitrogens with zero attached hydrogens (tertiary/aromatic N) is 2. The maximum atomic E-state index is 5.75.